The van der Waals surface area contributed by atoms with Crippen LogP contribution < -0.4 is 0 Å². The van der Waals surface area contributed by atoms with Crippen LogP contribution >= 0.6 is 0 Å². The lowest BCUT2D eigenvalue weighted by molar-refractivity contribution is 0.277. The van der Waals surface area contributed by atoms with Crippen molar-refractivity contribution in [3.8, 4) is 16.9 Å². The number of aromatic nitrogens is 3. The summed E-state index contributed by atoms with van der Waals surface area (Å²) in [6, 6.07) is 10.6. The molecule has 0 bridgehead atoms. The minimum Gasteiger partial charge on any atom is -0.390 e. The molecule has 0 aliphatic rings. The van der Waals surface area contributed by atoms with Gasteiger partial charge in [0.25, 0.3) is 0 Å². The summed E-state index contributed by atoms with van der Waals surface area (Å²) in [5.74, 6) is -1.41. The molecular formula is C16H13F2N3O. The molecule has 0 fully saturated rings. The van der Waals surface area contributed by atoms with Crippen LogP contribution in [-0.4, -0.2) is 20.1 Å². The van der Waals surface area contributed by atoms with E-state index in [-0.39, 0.29) is 12.3 Å². The fourth-order valence-corrected chi connectivity index (χ4v) is 2.26. The first kappa shape index (κ1) is 14.3. The average Bonchev–Trinajstić information content (AvgIpc) is 2.91. The molecule has 0 unspecified atom stereocenters. The minimum absolute atomic E-state index is 0.209. The molecule has 1 aromatic heterocycles. The third-order valence-electron chi connectivity index (χ3n) is 3.31. The number of hydrogen-bond donors (Lipinski definition) is 1. The first-order valence-corrected chi connectivity index (χ1v) is 6.67. The predicted molar refractivity (Wildman–Crippen MR) is 77.4 cm³/mol. The number of aliphatic hydroxyl groups excluding tert-OH is 1. The summed E-state index contributed by atoms with van der Waals surface area (Å²) < 4.78 is 28.2. The van der Waals surface area contributed by atoms with Crippen LogP contribution in [0, 0.1) is 18.6 Å². The maximum Gasteiger partial charge on any atom is 0.128 e. The van der Waals surface area contributed by atoms with Crippen LogP contribution in [0.15, 0.2) is 42.5 Å². The van der Waals surface area contributed by atoms with Gasteiger partial charge in [0.1, 0.15) is 23.0 Å². The average molecular weight is 301 g/mol. The SMILES string of the molecule is Cc1ccc(-c2c(CO)nnn2-c2cc(F)cc(F)c2)cc1. The Morgan fingerprint density at radius 2 is 1.68 bits per heavy atom. The van der Waals surface area contributed by atoms with E-state index in [1.165, 1.54) is 4.68 Å². The molecule has 6 heteroatoms. The summed E-state index contributed by atoms with van der Waals surface area (Å²) in [6.45, 7) is 1.63. The van der Waals surface area contributed by atoms with E-state index in [1.807, 2.05) is 31.2 Å². The molecule has 0 saturated heterocycles. The number of rotatable bonds is 3. The monoisotopic (exact) mass is 301 g/mol. The van der Waals surface area contributed by atoms with E-state index in [4.69, 9.17) is 0 Å². The summed E-state index contributed by atoms with van der Waals surface area (Å²) in [6.07, 6.45) is 0. The van der Waals surface area contributed by atoms with E-state index in [9.17, 15) is 13.9 Å². The lowest BCUT2D eigenvalue weighted by atomic mass is 10.1. The number of benzene rings is 2. The van der Waals surface area contributed by atoms with Crippen molar-refractivity contribution in [1.29, 1.82) is 0 Å². The third kappa shape index (κ3) is 2.60. The molecule has 3 rings (SSSR count). The predicted octanol–water partition coefficient (Wildman–Crippen LogP) is 3.01. The topological polar surface area (TPSA) is 50.9 Å². The Labute approximate surface area is 125 Å². The van der Waals surface area contributed by atoms with Gasteiger partial charge in [0, 0.05) is 11.6 Å². The Balaban J connectivity index is 2.20. The largest absolute Gasteiger partial charge is 0.390 e. The van der Waals surface area contributed by atoms with Gasteiger partial charge in [-0.2, -0.15) is 0 Å². The van der Waals surface area contributed by atoms with E-state index >= 15 is 0 Å². The van der Waals surface area contributed by atoms with Gasteiger partial charge in [-0.15, -0.1) is 5.10 Å². The van der Waals surface area contributed by atoms with Crippen LogP contribution in [0.1, 0.15) is 11.3 Å². The van der Waals surface area contributed by atoms with E-state index in [2.05, 4.69) is 10.3 Å². The Bertz CT molecular complexity index is 793. The van der Waals surface area contributed by atoms with E-state index < -0.39 is 11.6 Å². The number of nitrogens with zero attached hydrogens (tertiary/aromatic N) is 3. The second-order valence-electron chi connectivity index (χ2n) is 4.95. The molecule has 0 aliphatic carbocycles. The highest BCUT2D eigenvalue weighted by Crippen LogP contribution is 2.26. The number of halogens is 2. The zero-order valence-electron chi connectivity index (χ0n) is 11.8. The number of aryl methyl sites for hydroxylation is 1. The molecule has 22 heavy (non-hydrogen) atoms. The van der Waals surface area contributed by atoms with Crippen molar-refractivity contribution in [2.45, 2.75) is 13.5 Å². The fourth-order valence-electron chi connectivity index (χ4n) is 2.26. The van der Waals surface area contributed by atoms with Crippen molar-refractivity contribution in [2.24, 2.45) is 0 Å². The number of hydrogen-bond acceptors (Lipinski definition) is 3. The maximum atomic E-state index is 13.4. The maximum absolute atomic E-state index is 13.4. The zero-order chi connectivity index (χ0) is 15.7. The molecule has 3 aromatic rings. The molecule has 0 spiro atoms. The van der Waals surface area contributed by atoms with Gasteiger partial charge >= 0.3 is 0 Å². The van der Waals surface area contributed by atoms with E-state index in [0.717, 1.165) is 29.3 Å². The smallest absolute Gasteiger partial charge is 0.128 e. The Morgan fingerprint density at radius 1 is 1.05 bits per heavy atom. The standard InChI is InChI=1S/C16H13F2N3O/c1-10-2-4-11(5-3-10)16-15(9-22)19-20-21(16)14-7-12(17)6-13(18)8-14/h2-8,22H,9H2,1H3. The van der Waals surface area contributed by atoms with Gasteiger partial charge in [-0.3, -0.25) is 0 Å². The van der Waals surface area contributed by atoms with Gasteiger partial charge in [-0.25, -0.2) is 13.5 Å². The molecule has 112 valence electrons. The summed E-state index contributed by atoms with van der Waals surface area (Å²) in [5.41, 5.74) is 2.88. The third-order valence-corrected chi connectivity index (χ3v) is 3.31. The lowest BCUT2D eigenvalue weighted by Gasteiger charge is -2.08. The molecule has 0 atom stereocenters. The molecule has 0 saturated carbocycles. The van der Waals surface area contributed by atoms with E-state index in [1.54, 1.807) is 0 Å². The highest BCUT2D eigenvalue weighted by molar-refractivity contribution is 5.64. The molecular weight excluding hydrogens is 288 g/mol. The van der Waals surface area contributed by atoms with Crippen LogP contribution in [0.3, 0.4) is 0 Å². The van der Waals surface area contributed by atoms with Crippen molar-refractivity contribution in [2.75, 3.05) is 0 Å². The zero-order valence-corrected chi connectivity index (χ0v) is 11.8. The molecule has 2 aromatic carbocycles. The Morgan fingerprint density at radius 3 is 2.27 bits per heavy atom. The summed E-state index contributed by atoms with van der Waals surface area (Å²) >= 11 is 0. The molecule has 0 amide bonds. The van der Waals surface area contributed by atoms with Crippen molar-refractivity contribution in [3.05, 3.63) is 65.4 Å². The first-order valence-electron chi connectivity index (χ1n) is 6.67. The van der Waals surface area contributed by atoms with Crippen molar-refractivity contribution < 1.29 is 13.9 Å². The van der Waals surface area contributed by atoms with Crippen LogP contribution in [0.4, 0.5) is 8.78 Å². The molecule has 0 radical (unpaired) electrons. The normalized spacial score (nSPS) is 10.9. The van der Waals surface area contributed by atoms with Crippen LogP contribution in [0.5, 0.6) is 0 Å². The van der Waals surface area contributed by atoms with Gasteiger partial charge < -0.3 is 5.11 Å². The van der Waals surface area contributed by atoms with Gasteiger partial charge in [0.2, 0.25) is 0 Å². The molecule has 1 heterocycles. The Kier molecular flexibility index (Phi) is 3.68. The first-order chi connectivity index (χ1) is 10.6. The van der Waals surface area contributed by atoms with Gasteiger partial charge in [0.05, 0.1) is 12.3 Å². The summed E-state index contributed by atoms with van der Waals surface area (Å²) in [5, 5.41) is 17.2. The minimum atomic E-state index is -0.703. The number of aliphatic hydroxyl groups is 1. The van der Waals surface area contributed by atoms with Gasteiger partial charge in [-0.05, 0) is 19.1 Å². The van der Waals surface area contributed by atoms with Gasteiger partial charge in [0.15, 0.2) is 0 Å². The Hall–Kier alpha value is -2.60. The quantitative estimate of drug-likeness (QED) is 0.809. The van der Waals surface area contributed by atoms with Gasteiger partial charge in [-0.1, -0.05) is 35.0 Å². The summed E-state index contributed by atoms with van der Waals surface area (Å²) in [7, 11) is 0. The molecule has 1 N–H and O–H groups in total. The second kappa shape index (κ2) is 5.65. The van der Waals surface area contributed by atoms with E-state index in [0.29, 0.717) is 11.4 Å². The lowest BCUT2D eigenvalue weighted by Crippen LogP contribution is -2.01. The van der Waals surface area contributed by atoms with Crippen molar-refractivity contribution in [3.63, 3.8) is 0 Å². The van der Waals surface area contributed by atoms with Crippen LogP contribution in [0.25, 0.3) is 16.9 Å². The van der Waals surface area contributed by atoms with Crippen molar-refractivity contribution >= 4 is 0 Å². The van der Waals surface area contributed by atoms with Crippen LogP contribution in [-0.2, 0) is 6.61 Å². The molecule has 4 nitrogen and oxygen atoms in total. The highest BCUT2D eigenvalue weighted by Gasteiger charge is 2.16. The van der Waals surface area contributed by atoms with Crippen molar-refractivity contribution in [1.82, 2.24) is 15.0 Å². The fraction of sp³-hybridized carbons (Fsp3) is 0.125. The van der Waals surface area contributed by atoms with Crippen LogP contribution in [0.2, 0.25) is 0 Å². The molecule has 0 aliphatic heterocycles. The summed E-state index contributed by atoms with van der Waals surface area (Å²) in [4.78, 5) is 0. The second-order valence-corrected chi connectivity index (χ2v) is 4.95. The highest BCUT2D eigenvalue weighted by atomic mass is 19.1.